The van der Waals surface area contributed by atoms with Crippen LogP contribution in [0.4, 0.5) is 4.79 Å². The fourth-order valence-corrected chi connectivity index (χ4v) is 4.06. The summed E-state index contributed by atoms with van der Waals surface area (Å²) < 4.78 is 10.2. The molecule has 158 valence electrons. The molecule has 0 aromatic heterocycles. The Hall–Kier alpha value is -2.12. The topological polar surface area (TPSA) is 102 Å². The zero-order chi connectivity index (χ0) is 21.1. The lowest BCUT2D eigenvalue weighted by Gasteiger charge is -2.46. The van der Waals surface area contributed by atoms with Crippen molar-refractivity contribution in [2.45, 2.75) is 77.5 Å². The van der Waals surface area contributed by atoms with E-state index in [0.717, 1.165) is 12.8 Å². The molecule has 2 heterocycles. The fourth-order valence-electron chi connectivity index (χ4n) is 4.06. The van der Waals surface area contributed by atoms with Crippen molar-refractivity contribution in [1.29, 1.82) is 0 Å². The number of unbranched alkanes of at least 4 members (excludes halogenated alkanes) is 1. The zero-order valence-electron chi connectivity index (χ0n) is 17.4. The van der Waals surface area contributed by atoms with E-state index in [4.69, 9.17) is 9.47 Å². The number of carbonyl (C=O) groups is 4. The predicted octanol–water partition coefficient (Wildman–Crippen LogP) is 2.05. The van der Waals surface area contributed by atoms with Gasteiger partial charge in [0.05, 0.1) is 25.1 Å². The van der Waals surface area contributed by atoms with Gasteiger partial charge in [-0.3, -0.25) is 14.4 Å². The van der Waals surface area contributed by atoms with Crippen LogP contribution < -0.4 is 5.32 Å². The van der Waals surface area contributed by atoms with Gasteiger partial charge in [-0.1, -0.05) is 13.3 Å². The van der Waals surface area contributed by atoms with Gasteiger partial charge in [0.25, 0.3) is 0 Å². The molecule has 3 fully saturated rings. The summed E-state index contributed by atoms with van der Waals surface area (Å²) in [6, 6.07) is -1.18. The van der Waals surface area contributed by atoms with Gasteiger partial charge >= 0.3 is 12.1 Å². The summed E-state index contributed by atoms with van der Waals surface area (Å²) in [6.45, 7) is 7.73. The SMILES string of the molecule is CCCCN1C(=O)[C@@H]2CC[C@H]1[C@H](C(=O)OC)C(=O)C[C@H]2NC(=O)OC(C)(C)C. The van der Waals surface area contributed by atoms with Crippen molar-refractivity contribution >= 4 is 23.8 Å². The van der Waals surface area contributed by atoms with Gasteiger partial charge in [-0.15, -0.1) is 0 Å². The maximum Gasteiger partial charge on any atom is 0.407 e. The van der Waals surface area contributed by atoms with Crippen molar-refractivity contribution in [1.82, 2.24) is 10.2 Å². The molecule has 1 saturated carbocycles. The number of methoxy groups -OCH3 is 1. The Morgan fingerprint density at radius 2 is 1.89 bits per heavy atom. The van der Waals surface area contributed by atoms with Crippen molar-refractivity contribution in [2.75, 3.05) is 13.7 Å². The van der Waals surface area contributed by atoms with Gasteiger partial charge in [0.15, 0.2) is 5.78 Å². The highest BCUT2D eigenvalue weighted by atomic mass is 16.6. The molecule has 0 unspecified atom stereocenters. The summed E-state index contributed by atoms with van der Waals surface area (Å²) >= 11 is 0. The van der Waals surface area contributed by atoms with Crippen LogP contribution in [0, 0.1) is 11.8 Å². The van der Waals surface area contributed by atoms with Crippen molar-refractivity contribution in [3.05, 3.63) is 0 Å². The number of esters is 1. The lowest BCUT2D eigenvalue weighted by molar-refractivity contribution is -0.160. The summed E-state index contributed by atoms with van der Waals surface area (Å²) in [7, 11) is 1.24. The first-order valence-electron chi connectivity index (χ1n) is 9.99. The molecule has 0 spiro atoms. The van der Waals surface area contributed by atoms with Crippen LogP contribution in [0.5, 0.6) is 0 Å². The monoisotopic (exact) mass is 396 g/mol. The molecule has 1 aliphatic carbocycles. The highest BCUT2D eigenvalue weighted by Gasteiger charge is 2.50. The number of nitrogens with zero attached hydrogens (tertiary/aromatic N) is 1. The Labute approximate surface area is 166 Å². The van der Waals surface area contributed by atoms with E-state index in [1.807, 2.05) is 6.92 Å². The zero-order valence-corrected chi connectivity index (χ0v) is 17.4. The summed E-state index contributed by atoms with van der Waals surface area (Å²) in [6.07, 6.45) is 1.94. The molecule has 28 heavy (non-hydrogen) atoms. The average Bonchev–Trinajstić information content (AvgIpc) is 2.57. The quantitative estimate of drug-likeness (QED) is 0.564. The van der Waals surface area contributed by atoms with Gasteiger partial charge in [-0.05, 0) is 40.0 Å². The third-order valence-electron chi connectivity index (χ3n) is 5.32. The van der Waals surface area contributed by atoms with E-state index in [0.29, 0.717) is 19.4 Å². The van der Waals surface area contributed by atoms with E-state index in [9.17, 15) is 19.2 Å². The number of nitrogens with one attached hydrogen (secondary N) is 1. The molecule has 0 radical (unpaired) electrons. The first kappa shape index (κ1) is 22.2. The molecule has 0 aromatic rings. The Kier molecular flexibility index (Phi) is 7.06. The minimum atomic E-state index is -1.02. The third kappa shape index (κ3) is 5.02. The summed E-state index contributed by atoms with van der Waals surface area (Å²) in [5, 5.41) is 2.70. The Balaban J connectivity index is 2.32. The minimum absolute atomic E-state index is 0.0897. The number of alkyl carbamates (subject to hydrolysis) is 1. The smallest absolute Gasteiger partial charge is 0.407 e. The molecule has 2 aliphatic heterocycles. The lowest BCUT2D eigenvalue weighted by Crippen LogP contribution is -2.62. The van der Waals surface area contributed by atoms with Crippen LogP contribution in [0.2, 0.25) is 0 Å². The highest BCUT2D eigenvalue weighted by molar-refractivity contribution is 6.02. The molecule has 2 saturated heterocycles. The van der Waals surface area contributed by atoms with E-state index < -0.39 is 41.6 Å². The number of fused-ring (bicyclic) bond motifs is 5. The van der Waals surface area contributed by atoms with Gasteiger partial charge in [0, 0.05) is 13.0 Å². The number of ether oxygens (including phenoxy) is 2. The Morgan fingerprint density at radius 1 is 1.21 bits per heavy atom. The van der Waals surface area contributed by atoms with Crippen molar-refractivity contribution < 1.29 is 28.7 Å². The molecule has 8 heteroatoms. The van der Waals surface area contributed by atoms with Crippen molar-refractivity contribution in [3.63, 3.8) is 0 Å². The van der Waals surface area contributed by atoms with Gasteiger partial charge in [-0.2, -0.15) is 0 Å². The second-order valence-corrected chi connectivity index (χ2v) is 8.56. The van der Waals surface area contributed by atoms with E-state index in [2.05, 4.69) is 5.32 Å². The number of hydrogen-bond donors (Lipinski definition) is 1. The lowest BCUT2D eigenvalue weighted by atomic mass is 9.74. The highest BCUT2D eigenvalue weighted by Crippen LogP contribution is 2.36. The van der Waals surface area contributed by atoms with Gasteiger partial charge in [0.1, 0.15) is 11.5 Å². The summed E-state index contributed by atoms with van der Waals surface area (Å²) in [5.41, 5.74) is -0.695. The maximum absolute atomic E-state index is 13.2. The number of amides is 2. The van der Waals surface area contributed by atoms with E-state index in [1.165, 1.54) is 7.11 Å². The van der Waals surface area contributed by atoms with Gasteiger partial charge in [0.2, 0.25) is 5.91 Å². The summed E-state index contributed by atoms with van der Waals surface area (Å²) in [5.74, 6) is -2.57. The molecule has 0 aromatic carbocycles. The Morgan fingerprint density at radius 3 is 2.46 bits per heavy atom. The number of rotatable bonds is 5. The first-order chi connectivity index (χ1) is 13.1. The largest absolute Gasteiger partial charge is 0.468 e. The third-order valence-corrected chi connectivity index (χ3v) is 5.32. The number of piperidine rings is 1. The molecule has 8 nitrogen and oxygen atoms in total. The number of hydrogen-bond acceptors (Lipinski definition) is 6. The van der Waals surface area contributed by atoms with Crippen LogP contribution in [0.15, 0.2) is 0 Å². The average molecular weight is 396 g/mol. The number of carbonyl (C=O) groups excluding carboxylic acids is 4. The summed E-state index contributed by atoms with van der Waals surface area (Å²) in [4.78, 5) is 52.4. The molecule has 3 aliphatic rings. The van der Waals surface area contributed by atoms with Crippen LogP contribution >= 0.6 is 0 Å². The standard InChI is InChI=1S/C20H32N2O6/c1-6-7-10-22-14-9-8-12(17(22)24)13(21-19(26)28-20(2,3)4)11-15(23)16(14)18(25)27-5/h12-14,16H,6-11H2,1-5H3,(H,21,26)/t12-,13-,14+,16+/m1/s1. The predicted molar refractivity (Wildman–Crippen MR) is 101 cm³/mol. The second kappa shape index (κ2) is 8.92. The Bertz CT molecular complexity index is 627. The molecule has 2 bridgehead atoms. The minimum Gasteiger partial charge on any atom is -0.468 e. The van der Waals surface area contributed by atoms with E-state index in [1.54, 1.807) is 25.7 Å². The number of Topliss-reactive ketones (excluding diaryl/α,β-unsaturated/α-hetero) is 1. The van der Waals surface area contributed by atoms with Crippen LogP contribution in [0.3, 0.4) is 0 Å². The molecular weight excluding hydrogens is 364 g/mol. The van der Waals surface area contributed by atoms with Crippen molar-refractivity contribution in [3.8, 4) is 0 Å². The second-order valence-electron chi connectivity index (χ2n) is 8.56. The van der Waals surface area contributed by atoms with Crippen LogP contribution in [-0.2, 0) is 23.9 Å². The maximum atomic E-state index is 13.2. The fraction of sp³-hybridized carbons (Fsp3) is 0.800. The van der Waals surface area contributed by atoms with Crippen LogP contribution in [-0.4, -0.2) is 60.0 Å². The van der Waals surface area contributed by atoms with Gasteiger partial charge < -0.3 is 19.7 Å². The van der Waals surface area contributed by atoms with E-state index in [-0.39, 0.29) is 18.1 Å². The van der Waals surface area contributed by atoms with Crippen LogP contribution in [0.1, 0.15) is 59.8 Å². The number of ketones is 1. The molecule has 2 amide bonds. The normalized spacial score (nSPS) is 27.8. The molecule has 3 rings (SSSR count). The first-order valence-corrected chi connectivity index (χ1v) is 9.99. The van der Waals surface area contributed by atoms with Crippen molar-refractivity contribution in [2.24, 2.45) is 11.8 Å². The molecule has 4 atom stereocenters. The molecular formula is C20H32N2O6. The van der Waals surface area contributed by atoms with Gasteiger partial charge in [-0.25, -0.2) is 4.79 Å². The van der Waals surface area contributed by atoms with Crippen LogP contribution in [0.25, 0.3) is 0 Å². The molecule has 1 N–H and O–H groups in total. The van der Waals surface area contributed by atoms with E-state index >= 15 is 0 Å².